The van der Waals surface area contributed by atoms with Crippen LogP contribution in [0.1, 0.15) is 33.6 Å². The molecule has 1 amide bonds. The Bertz CT molecular complexity index is 318. The molecule has 0 aromatic heterocycles. The Kier molecular flexibility index (Phi) is 6.24. The largest absolute Gasteiger partial charge is 0.479 e. The Morgan fingerprint density at radius 3 is 2.47 bits per heavy atom. The van der Waals surface area contributed by atoms with Crippen molar-refractivity contribution >= 4 is 11.9 Å². The Morgan fingerprint density at radius 1 is 1.37 bits per heavy atom. The van der Waals surface area contributed by atoms with Gasteiger partial charge in [-0.3, -0.25) is 4.79 Å². The number of rotatable bonds is 7. The number of nitrogens with one attached hydrogen (secondary N) is 1. The summed E-state index contributed by atoms with van der Waals surface area (Å²) in [6.45, 7) is 7.63. The lowest BCUT2D eigenvalue weighted by Gasteiger charge is -2.24. The number of ether oxygens (including phenoxy) is 1. The summed E-state index contributed by atoms with van der Waals surface area (Å²) in [5.41, 5.74) is 0. The van der Waals surface area contributed by atoms with Gasteiger partial charge < -0.3 is 20.1 Å². The van der Waals surface area contributed by atoms with Gasteiger partial charge in [0, 0.05) is 19.6 Å². The molecule has 19 heavy (non-hydrogen) atoms. The minimum Gasteiger partial charge on any atom is -0.479 e. The number of carbonyl (C=O) groups is 2. The van der Waals surface area contributed by atoms with E-state index in [1.54, 1.807) is 4.90 Å². The summed E-state index contributed by atoms with van der Waals surface area (Å²) in [5, 5.41) is 12.0. The zero-order valence-electron chi connectivity index (χ0n) is 11.9. The molecule has 1 rings (SSSR count). The van der Waals surface area contributed by atoms with Crippen LogP contribution in [0.2, 0.25) is 0 Å². The van der Waals surface area contributed by atoms with Crippen molar-refractivity contribution in [3.05, 3.63) is 0 Å². The second-order valence-electron chi connectivity index (χ2n) is 4.80. The molecule has 1 aliphatic heterocycles. The maximum absolute atomic E-state index is 12.0. The van der Waals surface area contributed by atoms with Crippen LogP contribution in [0.4, 0.5) is 0 Å². The molecule has 0 aromatic rings. The van der Waals surface area contributed by atoms with Crippen LogP contribution < -0.4 is 5.32 Å². The van der Waals surface area contributed by atoms with E-state index in [9.17, 15) is 9.59 Å². The fraction of sp³-hybridized carbons (Fsp3) is 0.846. The van der Waals surface area contributed by atoms with E-state index in [1.165, 1.54) is 0 Å². The van der Waals surface area contributed by atoms with Crippen LogP contribution in [0.5, 0.6) is 0 Å². The Hall–Kier alpha value is -1.14. The van der Waals surface area contributed by atoms with Gasteiger partial charge in [-0.2, -0.15) is 0 Å². The second kappa shape index (κ2) is 7.45. The lowest BCUT2D eigenvalue weighted by Crippen LogP contribution is -2.46. The molecule has 0 radical (unpaired) electrons. The van der Waals surface area contributed by atoms with Crippen molar-refractivity contribution in [3.8, 4) is 0 Å². The van der Waals surface area contributed by atoms with E-state index in [-0.39, 0.29) is 18.1 Å². The van der Waals surface area contributed by atoms with Gasteiger partial charge in [-0.1, -0.05) is 0 Å². The van der Waals surface area contributed by atoms with Crippen LogP contribution in [0.25, 0.3) is 0 Å². The van der Waals surface area contributed by atoms with Gasteiger partial charge in [-0.15, -0.1) is 0 Å². The number of amides is 1. The van der Waals surface area contributed by atoms with Crippen molar-refractivity contribution in [2.24, 2.45) is 0 Å². The number of hydrogen-bond acceptors (Lipinski definition) is 4. The highest BCUT2D eigenvalue weighted by molar-refractivity contribution is 5.81. The van der Waals surface area contributed by atoms with E-state index in [0.29, 0.717) is 26.1 Å². The highest BCUT2D eigenvalue weighted by atomic mass is 16.5. The number of nitrogens with zero attached hydrogens (tertiary/aromatic N) is 1. The summed E-state index contributed by atoms with van der Waals surface area (Å²) >= 11 is 0. The van der Waals surface area contributed by atoms with Crippen molar-refractivity contribution in [3.63, 3.8) is 0 Å². The van der Waals surface area contributed by atoms with Gasteiger partial charge in [0.1, 0.15) is 0 Å². The standard InChI is InChI=1S/C13H24N2O4/c1-4-15(5-2)12(16)9(3)14-8-10-6-7-11(19-10)13(17)18/h9-11,14H,4-8H2,1-3H3,(H,17,18). The Labute approximate surface area is 114 Å². The van der Waals surface area contributed by atoms with Gasteiger partial charge >= 0.3 is 5.97 Å². The molecule has 2 N–H and O–H groups in total. The molecule has 1 saturated heterocycles. The molecule has 1 fully saturated rings. The third-order valence-electron chi connectivity index (χ3n) is 3.48. The van der Waals surface area contributed by atoms with Crippen molar-refractivity contribution in [2.45, 2.75) is 51.9 Å². The fourth-order valence-electron chi connectivity index (χ4n) is 2.24. The molecule has 3 unspecified atom stereocenters. The highest BCUT2D eigenvalue weighted by Crippen LogP contribution is 2.19. The smallest absolute Gasteiger partial charge is 0.332 e. The van der Waals surface area contributed by atoms with E-state index in [4.69, 9.17) is 9.84 Å². The maximum Gasteiger partial charge on any atom is 0.332 e. The third kappa shape index (κ3) is 4.47. The topological polar surface area (TPSA) is 78.9 Å². The summed E-state index contributed by atoms with van der Waals surface area (Å²) in [7, 11) is 0. The predicted molar refractivity (Wildman–Crippen MR) is 70.9 cm³/mol. The first-order valence-electron chi connectivity index (χ1n) is 6.90. The molecule has 0 spiro atoms. The summed E-state index contributed by atoms with van der Waals surface area (Å²) in [5.74, 6) is -0.840. The van der Waals surface area contributed by atoms with Crippen LogP contribution in [-0.4, -0.2) is 59.8 Å². The van der Waals surface area contributed by atoms with Gasteiger partial charge in [0.25, 0.3) is 0 Å². The van der Waals surface area contributed by atoms with Crippen molar-refractivity contribution in [1.29, 1.82) is 0 Å². The SMILES string of the molecule is CCN(CC)C(=O)C(C)NCC1CCC(C(=O)O)O1. The molecule has 0 saturated carbocycles. The van der Waals surface area contributed by atoms with E-state index in [2.05, 4.69) is 5.32 Å². The average Bonchev–Trinajstić information content (AvgIpc) is 2.86. The molecule has 6 nitrogen and oxygen atoms in total. The minimum absolute atomic E-state index is 0.0674. The van der Waals surface area contributed by atoms with Gasteiger partial charge in [-0.25, -0.2) is 4.79 Å². The summed E-state index contributed by atoms with van der Waals surface area (Å²) in [4.78, 5) is 24.5. The summed E-state index contributed by atoms with van der Waals surface area (Å²) in [6.07, 6.45) is 0.449. The average molecular weight is 272 g/mol. The molecule has 1 heterocycles. The van der Waals surface area contributed by atoms with Crippen molar-refractivity contribution in [1.82, 2.24) is 10.2 Å². The molecule has 6 heteroatoms. The molecule has 1 aliphatic rings. The summed E-state index contributed by atoms with van der Waals surface area (Å²) < 4.78 is 5.38. The van der Waals surface area contributed by atoms with Crippen LogP contribution in [0.3, 0.4) is 0 Å². The number of likely N-dealkylation sites (N-methyl/N-ethyl adjacent to an activating group) is 1. The third-order valence-corrected chi connectivity index (χ3v) is 3.48. The van der Waals surface area contributed by atoms with Gasteiger partial charge in [0.2, 0.25) is 5.91 Å². The number of hydrogen-bond donors (Lipinski definition) is 2. The molecular formula is C13H24N2O4. The number of aliphatic carboxylic acids is 1. The first-order valence-corrected chi connectivity index (χ1v) is 6.90. The first kappa shape index (κ1) is 15.9. The number of carbonyl (C=O) groups excluding carboxylic acids is 1. The van der Waals surface area contributed by atoms with Crippen molar-refractivity contribution in [2.75, 3.05) is 19.6 Å². The van der Waals surface area contributed by atoms with E-state index < -0.39 is 12.1 Å². The van der Waals surface area contributed by atoms with Crippen LogP contribution in [-0.2, 0) is 14.3 Å². The van der Waals surface area contributed by atoms with Gasteiger partial charge in [0.05, 0.1) is 12.1 Å². The lowest BCUT2D eigenvalue weighted by molar-refractivity contribution is -0.149. The summed E-state index contributed by atoms with van der Waals surface area (Å²) in [6, 6.07) is -0.271. The molecule has 0 aromatic carbocycles. The van der Waals surface area contributed by atoms with Crippen LogP contribution >= 0.6 is 0 Å². The molecule has 3 atom stereocenters. The molecule has 0 aliphatic carbocycles. The van der Waals surface area contributed by atoms with Crippen molar-refractivity contribution < 1.29 is 19.4 Å². The molecule has 110 valence electrons. The van der Waals surface area contributed by atoms with E-state index in [1.807, 2.05) is 20.8 Å². The van der Waals surface area contributed by atoms with Gasteiger partial charge in [0.15, 0.2) is 6.10 Å². The van der Waals surface area contributed by atoms with Crippen LogP contribution in [0, 0.1) is 0 Å². The highest BCUT2D eigenvalue weighted by Gasteiger charge is 2.30. The monoisotopic (exact) mass is 272 g/mol. The number of carboxylic acids is 1. The van der Waals surface area contributed by atoms with Crippen LogP contribution in [0.15, 0.2) is 0 Å². The van der Waals surface area contributed by atoms with E-state index in [0.717, 1.165) is 6.42 Å². The Morgan fingerprint density at radius 2 is 2.00 bits per heavy atom. The zero-order chi connectivity index (χ0) is 14.4. The normalized spacial score (nSPS) is 24.2. The molecular weight excluding hydrogens is 248 g/mol. The zero-order valence-corrected chi connectivity index (χ0v) is 11.9. The fourth-order valence-corrected chi connectivity index (χ4v) is 2.24. The first-order chi connectivity index (χ1) is 8.99. The quantitative estimate of drug-likeness (QED) is 0.704. The minimum atomic E-state index is -0.908. The second-order valence-corrected chi connectivity index (χ2v) is 4.80. The predicted octanol–water partition coefficient (Wildman–Crippen LogP) is 0.465. The number of carboxylic acid groups (broad SMARTS) is 1. The molecule has 0 bridgehead atoms. The lowest BCUT2D eigenvalue weighted by atomic mass is 10.2. The Balaban J connectivity index is 2.33. The maximum atomic E-state index is 12.0. The van der Waals surface area contributed by atoms with E-state index >= 15 is 0 Å². The van der Waals surface area contributed by atoms with Gasteiger partial charge in [-0.05, 0) is 33.6 Å².